The van der Waals surface area contributed by atoms with Crippen LogP contribution in [0.3, 0.4) is 0 Å². The molecule has 1 aliphatic rings. The predicted octanol–water partition coefficient (Wildman–Crippen LogP) is 3.33. The zero-order chi connectivity index (χ0) is 30.8. The smallest absolute Gasteiger partial charge is 0.326 e. The predicted molar refractivity (Wildman–Crippen MR) is 175 cm³/mol. The molecule has 1 aliphatic carbocycles. The van der Waals surface area contributed by atoms with E-state index in [4.69, 9.17) is 11.5 Å². The standard InChI is InChI=1S/C32H35N9O3.ClH/c1-40-27-17-24(12-15-26(27)35-32(40)44)21-6-2-19(3-7-21)16-28(29(34)42)41(31(43)23-8-4-20(18-33)5-9-23)25-13-10-22(11-14-25)30-36-38-39-37-30;/h2-3,6-7,10-15,17,20,23,28H,4-5,8-9,16,18,33H2,1H3,(H2,34,42)(H,35,44)(H,36,37,38,39);1H/t20?,23?,28-;/m0./s1. The summed E-state index contributed by atoms with van der Waals surface area (Å²) in [4.78, 5) is 43.6. The van der Waals surface area contributed by atoms with Gasteiger partial charge in [0.05, 0.1) is 11.0 Å². The first-order valence-corrected chi connectivity index (χ1v) is 14.8. The van der Waals surface area contributed by atoms with E-state index in [9.17, 15) is 14.4 Å². The van der Waals surface area contributed by atoms with Crippen molar-refractivity contribution in [2.75, 3.05) is 11.4 Å². The molecule has 45 heavy (non-hydrogen) atoms. The van der Waals surface area contributed by atoms with Gasteiger partial charge in [0, 0.05) is 30.6 Å². The summed E-state index contributed by atoms with van der Waals surface area (Å²) in [5, 5.41) is 14.1. The SMILES string of the molecule is Cl.Cn1c(=O)[nH]c2ccc(-c3ccc(C[C@@H](C(N)=O)N(C(=O)C4CCC(CN)CC4)c4ccc(-c5nn[nH]n5)cc4)cc3)cc21. The fraction of sp³-hybridized carbons (Fsp3) is 0.312. The maximum Gasteiger partial charge on any atom is 0.326 e. The number of benzene rings is 3. The Morgan fingerprint density at radius 3 is 2.27 bits per heavy atom. The van der Waals surface area contributed by atoms with E-state index in [-0.39, 0.29) is 36.3 Å². The number of hydrogen-bond donors (Lipinski definition) is 4. The Kier molecular flexibility index (Phi) is 9.45. The number of primary amides is 1. The summed E-state index contributed by atoms with van der Waals surface area (Å²) in [6, 6.07) is 19.9. The van der Waals surface area contributed by atoms with Crippen molar-refractivity contribution >= 4 is 40.9 Å². The van der Waals surface area contributed by atoms with Gasteiger partial charge in [-0.2, -0.15) is 5.21 Å². The second-order valence-electron chi connectivity index (χ2n) is 11.5. The van der Waals surface area contributed by atoms with Gasteiger partial charge in [-0.25, -0.2) is 4.79 Å². The number of nitrogens with two attached hydrogens (primary N) is 2. The number of halogens is 1. The van der Waals surface area contributed by atoms with Crippen molar-refractivity contribution in [2.24, 2.45) is 30.4 Å². The van der Waals surface area contributed by atoms with E-state index in [1.54, 1.807) is 40.8 Å². The van der Waals surface area contributed by atoms with Crippen LogP contribution in [0.4, 0.5) is 5.69 Å². The maximum atomic E-state index is 14.1. The first kappa shape index (κ1) is 31.6. The molecule has 2 aromatic heterocycles. The molecule has 3 aromatic carbocycles. The van der Waals surface area contributed by atoms with Gasteiger partial charge < -0.3 is 16.5 Å². The quantitative estimate of drug-likeness (QED) is 0.193. The third-order valence-corrected chi connectivity index (χ3v) is 8.78. The molecule has 2 amide bonds. The minimum atomic E-state index is -0.901. The Balaban J connectivity index is 0.00000400. The fourth-order valence-corrected chi connectivity index (χ4v) is 6.14. The molecule has 0 aliphatic heterocycles. The average molecular weight is 630 g/mol. The van der Waals surface area contributed by atoms with Crippen molar-refractivity contribution in [1.29, 1.82) is 0 Å². The van der Waals surface area contributed by atoms with Crippen LogP contribution in [0.5, 0.6) is 0 Å². The Labute approximate surface area is 265 Å². The van der Waals surface area contributed by atoms with Gasteiger partial charge in [-0.3, -0.25) is 19.1 Å². The molecule has 0 saturated heterocycles. The number of hydrogen-bond acceptors (Lipinski definition) is 7. The minimum absolute atomic E-state index is 0. The summed E-state index contributed by atoms with van der Waals surface area (Å²) in [5.41, 5.74) is 17.4. The first-order valence-electron chi connectivity index (χ1n) is 14.8. The Hall–Kier alpha value is -4.81. The minimum Gasteiger partial charge on any atom is -0.368 e. The van der Waals surface area contributed by atoms with E-state index >= 15 is 0 Å². The number of rotatable bonds is 9. The van der Waals surface area contributed by atoms with Crippen LogP contribution in [0.15, 0.2) is 71.5 Å². The van der Waals surface area contributed by atoms with Gasteiger partial charge in [0.2, 0.25) is 17.6 Å². The van der Waals surface area contributed by atoms with Crippen LogP contribution in [0.2, 0.25) is 0 Å². The molecule has 0 spiro atoms. The highest BCUT2D eigenvalue weighted by molar-refractivity contribution is 6.01. The fourth-order valence-electron chi connectivity index (χ4n) is 6.14. The average Bonchev–Trinajstić information content (AvgIpc) is 3.69. The highest BCUT2D eigenvalue weighted by atomic mass is 35.5. The summed E-state index contributed by atoms with van der Waals surface area (Å²) in [6.45, 7) is 0.610. The molecule has 0 bridgehead atoms. The van der Waals surface area contributed by atoms with Crippen molar-refractivity contribution in [3.05, 3.63) is 82.8 Å². The first-order chi connectivity index (χ1) is 21.3. The van der Waals surface area contributed by atoms with Gasteiger partial charge in [-0.05, 0) is 96.4 Å². The lowest BCUT2D eigenvalue weighted by atomic mass is 9.81. The van der Waals surface area contributed by atoms with Gasteiger partial charge in [0.1, 0.15) is 6.04 Å². The molecule has 6 rings (SSSR count). The lowest BCUT2D eigenvalue weighted by molar-refractivity contribution is -0.127. The molecule has 6 N–H and O–H groups in total. The number of aromatic amines is 2. The van der Waals surface area contributed by atoms with Crippen LogP contribution < -0.4 is 22.1 Å². The van der Waals surface area contributed by atoms with Crippen molar-refractivity contribution in [3.63, 3.8) is 0 Å². The molecule has 1 atom stereocenters. The monoisotopic (exact) mass is 629 g/mol. The normalized spacial score (nSPS) is 17.0. The van der Waals surface area contributed by atoms with Crippen molar-refractivity contribution in [2.45, 2.75) is 38.1 Å². The highest BCUT2D eigenvalue weighted by Crippen LogP contribution is 2.33. The second kappa shape index (κ2) is 13.4. The van der Waals surface area contributed by atoms with Crippen LogP contribution >= 0.6 is 12.4 Å². The van der Waals surface area contributed by atoms with Gasteiger partial charge in [0.15, 0.2) is 0 Å². The molecule has 2 heterocycles. The molecule has 0 radical (unpaired) electrons. The molecule has 1 fully saturated rings. The maximum absolute atomic E-state index is 14.1. The molecule has 234 valence electrons. The van der Waals surface area contributed by atoms with E-state index in [2.05, 4.69) is 25.6 Å². The molecule has 1 saturated carbocycles. The summed E-state index contributed by atoms with van der Waals surface area (Å²) in [6.07, 6.45) is 3.44. The largest absolute Gasteiger partial charge is 0.368 e. The number of aromatic nitrogens is 6. The van der Waals surface area contributed by atoms with Gasteiger partial charge in [0.25, 0.3) is 0 Å². The number of amides is 2. The number of anilines is 1. The Morgan fingerprint density at radius 2 is 1.64 bits per heavy atom. The van der Waals surface area contributed by atoms with Crippen LogP contribution in [0.1, 0.15) is 31.2 Å². The molecule has 5 aromatic rings. The summed E-state index contributed by atoms with van der Waals surface area (Å²) in [5.74, 6) is -0.0787. The zero-order valence-corrected chi connectivity index (χ0v) is 25.7. The van der Waals surface area contributed by atoms with Gasteiger partial charge >= 0.3 is 5.69 Å². The molecule has 12 nitrogen and oxygen atoms in total. The zero-order valence-electron chi connectivity index (χ0n) is 24.8. The van der Waals surface area contributed by atoms with Crippen LogP contribution in [0, 0.1) is 11.8 Å². The lowest BCUT2D eigenvalue weighted by Gasteiger charge is -2.35. The number of carbonyl (C=O) groups is 2. The number of nitrogens with zero attached hydrogens (tertiary/aromatic N) is 5. The Bertz CT molecular complexity index is 1820. The highest BCUT2D eigenvalue weighted by Gasteiger charge is 2.36. The van der Waals surface area contributed by atoms with Crippen LogP contribution in [0.25, 0.3) is 33.5 Å². The van der Waals surface area contributed by atoms with Gasteiger partial charge in [-0.15, -0.1) is 22.6 Å². The van der Waals surface area contributed by atoms with E-state index < -0.39 is 11.9 Å². The van der Waals surface area contributed by atoms with E-state index in [0.29, 0.717) is 24.0 Å². The summed E-state index contributed by atoms with van der Waals surface area (Å²) >= 11 is 0. The van der Waals surface area contributed by atoms with Crippen LogP contribution in [-0.4, -0.2) is 54.6 Å². The molecule has 0 unspecified atom stereocenters. The third kappa shape index (κ3) is 6.52. The number of aryl methyl sites for hydroxylation is 1. The number of fused-ring (bicyclic) bond motifs is 1. The van der Waals surface area contributed by atoms with Gasteiger partial charge in [-0.1, -0.05) is 30.3 Å². The number of H-pyrrole nitrogens is 2. The van der Waals surface area contributed by atoms with Crippen molar-refractivity contribution in [1.82, 2.24) is 30.2 Å². The summed E-state index contributed by atoms with van der Waals surface area (Å²) < 4.78 is 1.58. The van der Waals surface area contributed by atoms with E-state index in [1.165, 1.54) is 0 Å². The third-order valence-electron chi connectivity index (χ3n) is 8.78. The number of tetrazole rings is 1. The van der Waals surface area contributed by atoms with E-state index in [0.717, 1.165) is 59.0 Å². The summed E-state index contributed by atoms with van der Waals surface area (Å²) in [7, 11) is 1.73. The number of nitrogens with one attached hydrogen (secondary N) is 2. The topological polar surface area (TPSA) is 182 Å². The van der Waals surface area contributed by atoms with Crippen LogP contribution in [-0.2, 0) is 23.1 Å². The van der Waals surface area contributed by atoms with Crippen molar-refractivity contribution in [3.8, 4) is 22.5 Å². The Morgan fingerprint density at radius 1 is 0.978 bits per heavy atom. The number of imidazole rings is 1. The molecular formula is C32H36ClN9O3. The molecular weight excluding hydrogens is 594 g/mol. The lowest BCUT2D eigenvalue weighted by Crippen LogP contribution is -2.52. The van der Waals surface area contributed by atoms with Crippen molar-refractivity contribution < 1.29 is 9.59 Å². The number of carbonyl (C=O) groups excluding carboxylic acids is 2. The van der Waals surface area contributed by atoms with E-state index in [1.807, 2.05) is 42.5 Å². The molecule has 13 heteroatoms. The second-order valence-corrected chi connectivity index (χ2v) is 11.5.